The van der Waals surface area contributed by atoms with E-state index >= 15 is 0 Å². The lowest BCUT2D eigenvalue weighted by Crippen LogP contribution is -2.27. The fourth-order valence-corrected chi connectivity index (χ4v) is 2.25. The van der Waals surface area contributed by atoms with Crippen molar-refractivity contribution in [1.82, 2.24) is 5.32 Å². The lowest BCUT2D eigenvalue weighted by Gasteiger charge is -2.11. The SMILES string of the molecule is COc1ccc(C)cc1NC(=O)CC(=O)NCc1ccc(Cl)cc1. The van der Waals surface area contributed by atoms with Gasteiger partial charge in [-0.1, -0.05) is 29.8 Å². The number of benzene rings is 2. The lowest BCUT2D eigenvalue weighted by atomic mass is 10.2. The molecule has 0 fully saturated rings. The fourth-order valence-electron chi connectivity index (χ4n) is 2.13. The van der Waals surface area contributed by atoms with Crippen molar-refractivity contribution >= 4 is 29.1 Å². The molecule has 0 saturated heterocycles. The van der Waals surface area contributed by atoms with Crippen LogP contribution in [-0.2, 0) is 16.1 Å². The average molecular weight is 347 g/mol. The predicted octanol–water partition coefficient (Wildman–Crippen LogP) is 3.30. The molecule has 126 valence electrons. The summed E-state index contributed by atoms with van der Waals surface area (Å²) in [5.41, 5.74) is 2.44. The van der Waals surface area contributed by atoms with Crippen molar-refractivity contribution in [3.05, 3.63) is 58.6 Å². The van der Waals surface area contributed by atoms with Crippen LogP contribution < -0.4 is 15.4 Å². The van der Waals surface area contributed by atoms with E-state index in [2.05, 4.69) is 10.6 Å². The van der Waals surface area contributed by atoms with Crippen LogP contribution in [0.5, 0.6) is 5.75 Å². The molecule has 0 heterocycles. The maximum absolute atomic E-state index is 12.0. The number of hydrogen-bond acceptors (Lipinski definition) is 3. The van der Waals surface area contributed by atoms with Crippen LogP contribution in [0.1, 0.15) is 17.5 Å². The summed E-state index contributed by atoms with van der Waals surface area (Å²) in [6.07, 6.45) is -0.259. The molecule has 2 amide bonds. The number of ether oxygens (including phenoxy) is 1. The molecule has 5 nitrogen and oxygen atoms in total. The fraction of sp³-hybridized carbons (Fsp3) is 0.222. The smallest absolute Gasteiger partial charge is 0.233 e. The zero-order valence-electron chi connectivity index (χ0n) is 13.6. The molecule has 24 heavy (non-hydrogen) atoms. The maximum Gasteiger partial charge on any atom is 0.233 e. The average Bonchev–Trinajstić information content (AvgIpc) is 2.54. The third kappa shape index (κ3) is 5.28. The summed E-state index contributed by atoms with van der Waals surface area (Å²) in [5, 5.41) is 6.03. The highest BCUT2D eigenvalue weighted by atomic mass is 35.5. The number of rotatable bonds is 6. The van der Waals surface area contributed by atoms with Crippen molar-refractivity contribution in [3.8, 4) is 5.75 Å². The Balaban J connectivity index is 1.86. The highest BCUT2D eigenvalue weighted by molar-refractivity contribution is 6.30. The Kier molecular flexibility index (Phi) is 6.21. The largest absolute Gasteiger partial charge is 0.495 e. The number of carbonyl (C=O) groups excluding carboxylic acids is 2. The van der Waals surface area contributed by atoms with Crippen LogP contribution in [0.2, 0.25) is 5.02 Å². The molecule has 0 saturated carbocycles. The molecule has 0 radical (unpaired) electrons. The van der Waals surface area contributed by atoms with E-state index in [9.17, 15) is 9.59 Å². The first-order chi connectivity index (χ1) is 11.5. The van der Waals surface area contributed by atoms with Gasteiger partial charge in [0.15, 0.2) is 0 Å². The van der Waals surface area contributed by atoms with Crippen molar-refractivity contribution < 1.29 is 14.3 Å². The zero-order chi connectivity index (χ0) is 17.5. The number of nitrogens with one attached hydrogen (secondary N) is 2. The number of amides is 2. The van der Waals surface area contributed by atoms with Crippen LogP contribution >= 0.6 is 11.6 Å². The van der Waals surface area contributed by atoms with Crippen LogP contribution in [0.15, 0.2) is 42.5 Å². The zero-order valence-corrected chi connectivity index (χ0v) is 14.3. The van der Waals surface area contributed by atoms with E-state index in [1.807, 2.05) is 25.1 Å². The van der Waals surface area contributed by atoms with Gasteiger partial charge in [-0.2, -0.15) is 0 Å². The number of hydrogen-bond donors (Lipinski definition) is 2. The van der Waals surface area contributed by atoms with Gasteiger partial charge in [0, 0.05) is 11.6 Å². The molecule has 0 aliphatic carbocycles. The molecule has 2 rings (SSSR count). The highest BCUT2D eigenvalue weighted by Crippen LogP contribution is 2.25. The molecule has 0 spiro atoms. The molecule has 2 N–H and O–H groups in total. The van der Waals surface area contributed by atoms with Crippen molar-refractivity contribution in [2.75, 3.05) is 12.4 Å². The lowest BCUT2D eigenvalue weighted by molar-refractivity contribution is -0.126. The quantitative estimate of drug-likeness (QED) is 0.788. The van der Waals surface area contributed by atoms with Crippen LogP contribution in [0, 0.1) is 6.92 Å². The van der Waals surface area contributed by atoms with Crippen LogP contribution in [-0.4, -0.2) is 18.9 Å². The van der Waals surface area contributed by atoms with Gasteiger partial charge in [0.05, 0.1) is 12.8 Å². The van der Waals surface area contributed by atoms with Crippen molar-refractivity contribution in [2.45, 2.75) is 19.9 Å². The Labute approximate surface area is 146 Å². The molecule has 0 aromatic heterocycles. The third-order valence-corrected chi connectivity index (χ3v) is 3.61. The third-order valence-electron chi connectivity index (χ3n) is 3.35. The van der Waals surface area contributed by atoms with Gasteiger partial charge < -0.3 is 15.4 Å². The van der Waals surface area contributed by atoms with Crippen molar-refractivity contribution in [2.24, 2.45) is 0 Å². The summed E-state index contributed by atoms with van der Waals surface area (Å²) in [7, 11) is 1.53. The summed E-state index contributed by atoms with van der Waals surface area (Å²) in [6, 6.07) is 12.6. The summed E-state index contributed by atoms with van der Waals surface area (Å²) in [4.78, 5) is 23.9. The Morgan fingerprint density at radius 2 is 1.79 bits per heavy atom. The molecule has 0 atom stereocenters. The van der Waals surface area contributed by atoms with Gasteiger partial charge in [-0.25, -0.2) is 0 Å². The molecule has 0 unspecified atom stereocenters. The van der Waals surface area contributed by atoms with Crippen LogP contribution in [0.3, 0.4) is 0 Å². The first-order valence-corrected chi connectivity index (χ1v) is 7.81. The summed E-state index contributed by atoms with van der Waals surface area (Å²) < 4.78 is 5.20. The topological polar surface area (TPSA) is 67.4 Å². The minimum atomic E-state index is -0.396. The highest BCUT2D eigenvalue weighted by Gasteiger charge is 2.12. The minimum absolute atomic E-state index is 0.259. The Morgan fingerprint density at radius 3 is 2.46 bits per heavy atom. The second kappa shape index (κ2) is 8.36. The van der Waals surface area contributed by atoms with Gasteiger partial charge in [-0.15, -0.1) is 0 Å². The monoisotopic (exact) mass is 346 g/mol. The van der Waals surface area contributed by atoms with Crippen molar-refractivity contribution in [1.29, 1.82) is 0 Å². The van der Waals surface area contributed by atoms with Crippen LogP contribution in [0.4, 0.5) is 5.69 Å². The molecule has 0 aliphatic heterocycles. The van der Waals surface area contributed by atoms with Gasteiger partial charge in [0.2, 0.25) is 11.8 Å². The standard InChI is InChI=1S/C18H19ClN2O3/c1-12-3-8-16(24-2)15(9-12)21-18(23)10-17(22)20-11-13-4-6-14(19)7-5-13/h3-9H,10-11H2,1-2H3,(H,20,22)(H,21,23). The maximum atomic E-state index is 12.0. The normalized spacial score (nSPS) is 10.1. The molecular formula is C18H19ClN2O3. The molecule has 6 heteroatoms. The van der Waals surface area contributed by atoms with E-state index in [-0.39, 0.29) is 12.3 Å². The van der Waals surface area contributed by atoms with E-state index < -0.39 is 5.91 Å². The molecule has 2 aromatic rings. The van der Waals surface area contributed by atoms with E-state index in [1.54, 1.807) is 24.3 Å². The minimum Gasteiger partial charge on any atom is -0.495 e. The van der Waals surface area contributed by atoms with Gasteiger partial charge in [-0.05, 0) is 42.3 Å². The first-order valence-electron chi connectivity index (χ1n) is 7.43. The van der Waals surface area contributed by atoms with E-state index in [4.69, 9.17) is 16.3 Å². The Hall–Kier alpha value is -2.53. The predicted molar refractivity (Wildman–Crippen MR) is 94.3 cm³/mol. The van der Waals surface area contributed by atoms with Gasteiger partial charge >= 0.3 is 0 Å². The van der Waals surface area contributed by atoms with Gasteiger partial charge in [-0.3, -0.25) is 9.59 Å². The second-order valence-corrected chi connectivity index (χ2v) is 5.77. The van der Waals surface area contributed by atoms with Crippen LogP contribution in [0.25, 0.3) is 0 Å². The molecular weight excluding hydrogens is 328 g/mol. The van der Waals surface area contributed by atoms with Crippen molar-refractivity contribution in [3.63, 3.8) is 0 Å². The number of carbonyl (C=O) groups is 2. The summed E-state index contributed by atoms with van der Waals surface area (Å²) >= 11 is 5.81. The van der Waals surface area contributed by atoms with E-state index in [0.717, 1.165) is 11.1 Å². The Morgan fingerprint density at radius 1 is 1.08 bits per heavy atom. The second-order valence-electron chi connectivity index (χ2n) is 5.33. The number of halogens is 1. The van der Waals surface area contributed by atoms with E-state index in [1.165, 1.54) is 7.11 Å². The number of methoxy groups -OCH3 is 1. The summed E-state index contributed by atoms with van der Waals surface area (Å²) in [5.74, 6) is -0.197. The molecule has 0 bridgehead atoms. The van der Waals surface area contributed by atoms with Gasteiger partial charge in [0.1, 0.15) is 12.2 Å². The molecule has 0 aliphatic rings. The van der Waals surface area contributed by atoms with Gasteiger partial charge in [0.25, 0.3) is 0 Å². The van der Waals surface area contributed by atoms with E-state index in [0.29, 0.717) is 23.0 Å². The number of anilines is 1. The number of aryl methyl sites for hydroxylation is 1. The summed E-state index contributed by atoms with van der Waals surface area (Å²) in [6.45, 7) is 2.25. The Bertz CT molecular complexity index is 730. The molecule has 2 aromatic carbocycles. The first kappa shape index (κ1) is 17.8.